The number of rotatable bonds is 5. The quantitative estimate of drug-likeness (QED) is 0.640. The van der Waals surface area contributed by atoms with Gasteiger partial charge in [-0.15, -0.1) is 11.8 Å². The number of aryl methyl sites for hydroxylation is 1. The largest absolute Gasteiger partial charge is 0.378 e. The maximum Gasteiger partial charge on any atom is 0.188 e. The van der Waals surface area contributed by atoms with Crippen LogP contribution in [0.25, 0.3) is 0 Å². The lowest BCUT2D eigenvalue weighted by Crippen LogP contribution is -2.21. The first-order chi connectivity index (χ1) is 8.02. The molecule has 0 heterocycles. The van der Waals surface area contributed by atoms with Crippen molar-refractivity contribution in [2.45, 2.75) is 26.8 Å². The Labute approximate surface area is 107 Å². The summed E-state index contributed by atoms with van der Waals surface area (Å²) >= 11 is 1.55. The molecular weight excluding hydrogens is 230 g/mol. The minimum atomic E-state index is 0.0440. The molecule has 0 spiro atoms. The van der Waals surface area contributed by atoms with Gasteiger partial charge in [0, 0.05) is 17.7 Å². The zero-order chi connectivity index (χ0) is 12.8. The monoisotopic (exact) mass is 249 g/mol. The van der Waals surface area contributed by atoms with Gasteiger partial charge in [0.2, 0.25) is 0 Å². The molecule has 3 heteroatoms. The van der Waals surface area contributed by atoms with Gasteiger partial charge in [-0.25, -0.2) is 0 Å². The first kappa shape index (κ1) is 13.8. The molecule has 0 saturated heterocycles. The summed E-state index contributed by atoms with van der Waals surface area (Å²) in [5, 5.41) is 4.15. The van der Waals surface area contributed by atoms with Crippen LogP contribution in [0.15, 0.2) is 35.4 Å². The molecule has 17 heavy (non-hydrogen) atoms. The van der Waals surface area contributed by atoms with Crippen LogP contribution in [-0.2, 0) is 0 Å². The highest BCUT2D eigenvalue weighted by molar-refractivity contribution is 8.02. The maximum atomic E-state index is 12.0. The van der Waals surface area contributed by atoms with Gasteiger partial charge >= 0.3 is 0 Å². The van der Waals surface area contributed by atoms with Crippen molar-refractivity contribution in [1.29, 1.82) is 0 Å². The minimum absolute atomic E-state index is 0.0440. The van der Waals surface area contributed by atoms with E-state index in [9.17, 15) is 4.79 Å². The summed E-state index contributed by atoms with van der Waals surface area (Å²) in [6.45, 7) is 6.12. The average molecular weight is 249 g/mol. The lowest BCUT2D eigenvalue weighted by Gasteiger charge is -2.11. The lowest BCUT2D eigenvalue weighted by atomic mass is 10.1. The summed E-state index contributed by atoms with van der Waals surface area (Å²) in [5.41, 5.74) is 1.89. The Bertz CT molecular complexity index is 407. The molecule has 1 aromatic carbocycles. The number of carbonyl (C=O) groups excluding carboxylic acids is 1. The van der Waals surface area contributed by atoms with Crippen molar-refractivity contribution in [1.82, 2.24) is 5.32 Å². The van der Waals surface area contributed by atoms with Gasteiger partial charge in [-0.05, 0) is 27.0 Å². The van der Waals surface area contributed by atoms with E-state index in [0.717, 1.165) is 16.2 Å². The van der Waals surface area contributed by atoms with Gasteiger partial charge in [-0.3, -0.25) is 4.79 Å². The number of ketones is 1. The summed E-state index contributed by atoms with van der Waals surface area (Å²) in [7, 11) is 0. The van der Waals surface area contributed by atoms with Crippen LogP contribution in [0.5, 0.6) is 0 Å². The van der Waals surface area contributed by atoms with Crippen LogP contribution in [0.4, 0.5) is 0 Å². The normalized spacial score (nSPS) is 11.7. The van der Waals surface area contributed by atoms with Gasteiger partial charge in [-0.2, -0.15) is 0 Å². The molecule has 0 atom stereocenters. The molecule has 0 radical (unpaired) electrons. The van der Waals surface area contributed by atoms with E-state index in [1.807, 2.05) is 37.4 Å². The van der Waals surface area contributed by atoms with Crippen molar-refractivity contribution in [3.8, 4) is 0 Å². The highest BCUT2D eigenvalue weighted by atomic mass is 32.2. The molecule has 0 aromatic heterocycles. The van der Waals surface area contributed by atoms with Gasteiger partial charge in [0.15, 0.2) is 5.78 Å². The van der Waals surface area contributed by atoms with E-state index in [1.165, 1.54) is 0 Å². The first-order valence-corrected chi connectivity index (χ1v) is 6.88. The molecule has 92 valence electrons. The van der Waals surface area contributed by atoms with Crippen molar-refractivity contribution in [2.75, 3.05) is 6.26 Å². The molecule has 1 aromatic rings. The number of hydrogen-bond donors (Lipinski definition) is 1. The van der Waals surface area contributed by atoms with Crippen molar-refractivity contribution in [3.05, 3.63) is 46.5 Å². The third-order valence-electron chi connectivity index (χ3n) is 2.25. The molecule has 0 aliphatic heterocycles. The van der Waals surface area contributed by atoms with Crippen LogP contribution in [-0.4, -0.2) is 18.1 Å². The van der Waals surface area contributed by atoms with Gasteiger partial charge < -0.3 is 5.32 Å². The Kier molecular flexibility index (Phi) is 5.29. The third-order valence-corrected chi connectivity index (χ3v) is 2.92. The smallest absolute Gasteiger partial charge is 0.188 e. The second-order valence-electron chi connectivity index (χ2n) is 4.24. The van der Waals surface area contributed by atoms with Crippen LogP contribution in [0.3, 0.4) is 0 Å². The SMILES string of the molecule is CS/C(=C\C(=O)c1ccc(C)cc1)NC(C)C. The van der Waals surface area contributed by atoms with Gasteiger partial charge in [0.05, 0.1) is 5.03 Å². The highest BCUT2D eigenvalue weighted by Crippen LogP contribution is 2.12. The summed E-state index contributed by atoms with van der Waals surface area (Å²) in [5.74, 6) is 0.0440. The van der Waals surface area contributed by atoms with Crippen molar-refractivity contribution in [3.63, 3.8) is 0 Å². The fraction of sp³-hybridized carbons (Fsp3) is 0.357. The van der Waals surface area contributed by atoms with Crippen molar-refractivity contribution < 1.29 is 4.79 Å². The highest BCUT2D eigenvalue weighted by Gasteiger charge is 2.05. The lowest BCUT2D eigenvalue weighted by molar-refractivity contribution is 0.104. The molecule has 0 unspecified atom stereocenters. The summed E-state index contributed by atoms with van der Waals surface area (Å²) in [6, 6.07) is 7.97. The Morgan fingerprint density at radius 1 is 1.29 bits per heavy atom. The predicted octanol–water partition coefficient (Wildman–Crippen LogP) is 3.38. The van der Waals surface area contributed by atoms with Crippen LogP contribution in [0.1, 0.15) is 29.8 Å². The number of thioether (sulfide) groups is 1. The molecular formula is C14H19NOS. The fourth-order valence-electron chi connectivity index (χ4n) is 1.36. The number of allylic oxidation sites excluding steroid dienone is 1. The Balaban J connectivity index is 2.82. The Hall–Kier alpha value is -1.22. The van der Waals surface area contributed by atoms with E-state index >= 15 is 0 Å². The number of nitrogens with one attached hydrogen (secondary N) is 1. The van der Waals surface area contributed by atoms with E-state index in [0.29, 0.717) is 6.04 Å². The van der Waals surface area contributed by atoms with Crippen LogP contribution in [0, 0.1) is 6.92 Å². The summed E-state index contributed by atoms with van der Waals surface area (Å²) in [4.78, 5) is 12.0. The Morgan fingerprint density at radius 2 is 1.88 bits per heavy atom. The van der Waals surface area contributed by atoms with Crippen molar-refractivity contribution in [2.24, 2.45) is 0 Å². The average Bonchev–Trinajstić information content (AvgIpc) is 2.28. The predicted molar refractivity (Wildman–Crippen MR) is 75.4 cm³/mol. The molecule has 0 amide bonds. The van der Waals surface area contributed by atoms with E-state index in [4.69, 9.17) is 0 Å². The van der Waals surface area contributed by atoms with Gasteiger partial charge in [-0.1, -0.05) is 29.8 Å². The van der Waals surface area contributed by atoms with Crippen molar-refractivity contribution >= 4 is 17.5 Å². The zero-order valence-corrected chi connectivity index (χ0v) is 11.6. The molecule has 1 N–H and O–H groups in total. The Morgan fingerprint density at radius 3 is 2.35 bits per heavy atom. The van der Waals surface area contributed by atoms with E-state index in [2.05, 4.69) is 19.2 Å². The second-order valence-corrected chi connectivity index (χ2v) is 5.09. The van der Waals surface area contributed by atoms with Crippen LogP contribution >= 0.6 is 11.8 Å². The second kappa shape index (κ2) is 6.50. The van der Waals surface area contributed by atoms with E-state index < -0.39 is 0 Å². The third kappa shape index (κ3) is 4.65. The van der Waals surface area contributed by atoms with Gasteiger partial charge in [0.1, 0.15) is 0 Å². The first-order valence-electron chi connectivity index (χ1n) is 5.66. The maximum absolute atomic E-state index is 12.0. The molecule has 1 rings (SSSR count). The molecule has 0 aliphatic rings. The summed E-state index contributed by atoms with van der Waals surface area (Å²) < 4.78 is 0. The van der Waals surface area contributed by atoms with Crippen LogP contribution < -0.4 is 5.32 Å². The van der Waals surface area contributed by atoms with E-state index in [1.54, 1.807) is 17.8 Å². The molecule has 0 fully saturated rings. The fourth-order valence-corrected chi connectivity index (χ4v) is 1.94. The number of hydrogen-bond acceptors (Lipinski definition) is 3. The standard InChI is InChI=1S/C14H19NOS/c1-10(2)15-14(17-4)9-13(16)12-7-5-11(3)6-8-12/h5-10,15H,1-4H3/b14-9-. The summed E-state index contributed by atoms with van der Waals surface area (Å²) in [6.07, 6.45) is 3.62. The molecule has 0 aliphatic carbocycles. The number of benzene rings is 1. The molecule has 0 bridgehead atoms. The zero-order valence-electron chi connectivity index (χ0n) is 10.8. The molecule has 2 nitrogen and oxygen atoms in total. The molecule has 0 saturated carbocycles. The topological polar surface area (TPSA) is 29.1 Å². The van der Waals surface area contributed by atoms with E-state index in [-0.39, 0.29) is 5.78 Å². The minimum Gasteiger partial charge on any atom is -0.378 e. The number of carbonyl (C=O) groups is 1. The van der Waals surface area contributed by atoms with Crippen LogP contribution in [0.2, 0.25) is 0 Å². The van der Waals surface area contributed by atoms with Gasteiger partial charge in [0.25, 0.3) is 0 Å².